The summed E-state index contributed by atoms with van der Waals surface area (Å²) in [5.41, 5.74) is 0. The zero-order valence-corrected chi connectivity index (χ0v) is 9.11. The Morgan fingerprint density at radius 1 is 1.33 bits per heavy atom. The lowest BCUT2D eigenvalue weighted by Gasteiger charge is -2.09. The number of unbranched alkanes of at least 4 members (excludes halogenated alkanes) is 1. The summed E-state index contributed by atoms with van der Waals surface area (Å²) in [7, 11) is 1.40. The van der Waals surface area contributed by atoms with Crippen LogP contribution in [-0.4, -0.2) is 10.2 Å². The summed E-state index contributed by atoms with van der Waals surface area (Å²) >= 11 is 0. The summed E-state index contributed by atoms with van der Waals surface area (Å²) in [6, 6.07) is 1.51. The topological polar surface area (TPSA) is 0 Å². The SMILES string of the molecule is CCCCC(CC)C[SiH3]. The van der Waals surface area contributed by atoms with Crippen LogP contribution < -0.4 is 0 Å². The minimum Gasteiger partial charge on any atom is -0.0654 e. The predicted octanol–water partition coefficient (Wildman–Crippen LogP) is 1.99. The van der Waals surface area contributed by atoms with Crippen LogP contribution in [0.15, 0.2) is 0 Å². The molecule has 0 saturated heterocycles. The van der Waals surface area contributed by atoms with Gasteiger partial charge in [0.05, 0.1) is 0 Å². The molecule has 0 aromatic rings. The molecule has 9 heavy (non-hydrogen) atoms. The molecule has 0 spiro atoms. The number of hydrogen-bond acceptors (Lipinski definition) is 0. The van der Waals surface area contributed by atoms with E-state index in [9.17, 15) is 0 Å². The van der Waals surface area contributed by atoms with Crippen LogP contribution >= 0.6 is 0 Å². The summed E-state index contributed by atoms with van der Waals surface area (Å²) in [5.74, 6) is 1.07. The van der Waals surface area contributed by atoms with E-state index in [4.69, 9.17) is 0 Å². The molecule has 0 aliphatic rings. The van der Waals surface area contributed by atoms with Gasteiger partial charge in [0, 0.05) is 10.2 Å². The van der Waals surface area contributed by atoms with E-state index in [0.29, 0.717) is 0 Å². The minimum atomic E-state index is 1.07. The molecule has 0 rings (SSSR count). The summed E-state index contributed by atoms with van der Waals surface area (Å²) < 4.78 is 0. The Bertz CT molecular complexity index is 48.5. The first-order valence-electron chi connectivity index (χ1n) is 4.35. The highest BCUT2D eigenvalue weighted by atomic mass is 28.1. The monoisotopic (exact) mass is 144 g/mol. The van der Waals surface area contributed by atoms with Crippen LogP contribution in [0, 0.1) is 5.92 Å². The Kier molecular flexibility index (Phi) is 6.49. The average molecular weight is 144 g/mol. The molecule has 0 heterocycles. The van der Waals surface area contributed by atoms with Crippen LogP contribution in [0.2, 0.25) is 6.04 Å². The van der Waals surface area contributed by atoms with Crippen LogP contribution in [-0.2, 0) is 0 Å². The molecule has 0 aromatic carbocycles. The van der Waals surface area contributed by atoms with E-state index >= 15 is 0 Å². The van der Waals surface area contributed by atoms with Gasteiger partial charge in [-0.15, -0.1) is 0 Å². The first-order chi connectivity index (χ1) is 4.35. The Labute approximate surface area is 62.5 Å². The molecular formula is C8H20Si. The highest BCUT2D eigenvalue weighted by Crippen LogP contribution is 2.14. The molecule has 0 aliphatic carbocycles. The van der Waals surface area contributed by atoms with Crippen LogP contribution in [0.4, 0.5) is 0 Å². The third-order valence-corrected chi connectivity index (χ3v) is 3.28. The second kappa shape index (κ2) is 6.34. The molecule has 0 bridgehead atoms. The van der Waals surface area contributed by atoms with Crippen molar-refractivity contribution in [3.8, 4) is 0 Å². The normalized spacial score (nSPS) is 14.0. The molecule has 0 N–H and O–H groups in total. The van der Waals surface area contributed by atoms with Crippen LogP contribution in [0.1, 0.15) is 39.5 Å². The largest absolute Gasteiger partial charge is 0.0654 e. The van der Waals surface area contributed by atoms with Crippen molar-refractivity contribution in [3.63, 3.8) is 0 Å². The second-order valence-corrected chi connectivity index (χ2v) is 3.64. The van der Waals surface area contributed by atoms with Gasteiger partial charge in [-0.3, -0.25) is 0 Å². The third kappa shape index (κ3) is 4.70. The first-order valence-corrected chi connectivity index (χ1v) is 5.76. The lowest BCUT2D eigenvalue weighted by Crippen LogP contribution is -1.96. The van der Waals surface area contributed by atoms with Gasteiger partial charge in [0.15, 0.2) is 0 Å². The minimum absolute atomic E-state index is 1.07. The van der Waals surface area contributed by atoms with Crippen molar-refractivity contribution in [3.05, 3.63) is 0 Å². The molecule has 1 heteroatoms. The van der Waals surface area contributed by atoms with Gasteiger partial charge >= 0.3 is 0 Å². The maximum absolute atomic E-state index is 2.32. The smallest absolute Gasteiger partial charge is 0.00314 e. The van der Waals surface area contributed by atoms with Gasteiger partial charge in [-0.25, -0.2) is 0 Å². The zero-order chi connectivity index (χ0) is 7.11. The molecule has 0 fully saturated rings. The van der Waals surface area contributed by atoms with Gasteiger partial charge < -0.3 is 0 Å². The molecule has 0 amide bonds. The fourth-order valence-corrected chi connectivity index (χ4v) is 2.18. The predicted molar refractivity (Wildman–Crippen MR) is 48.1 cm³/mol. The molecule has 56 valence electrons. The van der Waals surface area contributed by atoms with Crippen LogP contribution in [0.25, 0.3) is 0 Å². The van der Waals surface area contributed by atoms with Crippen molar-refractivity contribution >= 4 is 10.2 Å². The van der Waals surface area contributed by atoms with Gasteiger partial charge in [0.2, 0.25) is 0 Å². The second-order valence-electron chi connectivity index (χ2n) is 2.82. The standard InChI is InChI=1S/C8H20Si/c1-3-5-6-8(4-2)7-9/h8H,3-7H2,1-2,9H3. The average Bonchev–Trinajstić information content (AvgIpc) is 1.91. The lowest BCUT2D eigenvalue weighted by atomic mass is 10.0. The molecule has 0 aliphatic heterocycles. The molecule has 0 saturated carbocycles. The Morgan fingerprint density at radius 2 is 2.00 bits per heavy atom. The van der Waals surface area contributed by atoms with Crippen molar-refractivity contribution in [1.82, 2.24) is 0 Å². The van der Waals surface area contributed by atoms with Crippen molar-refractivity contribution in [2.24, 2.45) is 5.92 Å². The molecular weight excluding hydrogens is 124 g/mol. The Hall–Kier alpha value is 0.217. The van der Waals surface area contributed by atoms with E-state index in [0.717, 1.165) is 5.92 Å². The van der Waals surface area contributed by atoms with Gasteiger partial charge in [-0.2, -0.15) is 0 Å². The van der Waals surface area contributed by atoms with E-state index in [1.165, 1.54) is 42.0 Å². The van der Waals surface area contributed by atoms with Crippen LogP contribution in [0.3, 0.4) is 0 Å². The van der Waals surface area contributed by atoms with Gasteiger partial charge in [0.1, 0.15) is 0 Å². The Balaban J connectivity index is 3.09. The van der Waals surface area contributed by atoms with E-state index in [1.54, 1.807) is 0 Å². The van der Waals surface area contributed by atoms with Crippen molar-refractivity contribution in [1.29, 1.82) is 0 Å². The fraction of sp³-hybridized carbons (Fsp3) is 1.00. The highest BCUT2D eigenvalue weighted by molar-refractivity contribution is 6.08. The maximum Gasteiger partial charge on any atom is 0.00314 e. The molecule has 0 nitrogen and oxygen atoms in total. The van der Waals surface area contributed by atoms with Crippen molar-refractivity contribution in [2.45, 2.75) is 45.6 Å². The summed E-state index contributed by atoms with van der Waals surface area (Å²) in [6.07, 6.45) is 5.71. The van der Waals surface area contributed by atoms with Crippen molar-refractivity contribution < 1.29 is 0 Å². The Morgan fingerprint density at radius 3 is 2.33 bits per heavy atom. The van der Waals surface area contributed by atoms with E-state index in [-0.39, 0.29) is 0 Å². The fourth-order valence-electron chi connectivity index (χ4n) is 1.19. The third-order valence-electron chi connectivity index (χ3n) is 2.12. The molecule has 0 aromatic heterocycles. The highest BCUT2D eigenvalue weighted by Gasteiger charge is 2.00. The van der Waals surface area contributed by atoms with E-state index < -0.39 is 0 Å². The van der Waals surface area contributed by atoms with Gasteiger partial charge in [-0.1, -0.05) is 45.6 Å². The van der Waals surface area contributed by atoms with Crippen LogP contribution in [0.5, 0.6) is 0 Å². The van der Waals surface area contributed by atoms with Gasteiger partial charge in [-0.05, 0) is 5.92 Å². The summed E-state index contributed by atoms with van der Waals surface area (Å²) in [4.78, 5) is 0. The molecule has 1 atom stereocenters. The lowest BCUT2D eigenvalue weighted by molar-refractivity contribution is 0.492. The quantitative estimate of drug-likeness (QED) is 0.518. The molecule has 0 radical (unpaired) electrons. The van der Waals surface area contributed by atoms with E-state index in [1.807, 2.05) is 0 Å². The zero-order valence-electron chi connectivity index (χ0n) is 7.11. The van der Waals surface area contributed by atoms with E-state index in [2.05, 4.69) is 13.8 Å². The first kappa shape index (κ1) is 9.22. The summed E-state index contributed by atoms with van der Waals surface area (Å²) in [5, 5.41) is 0. The summed E-state index contributed by atoms with van der Waals surface area (Å²) in [6.45, 7) is 4.60. The number of rotatable bonds is 5. The number of hydrogen-bond donors (Lipinski definition) is 0. The van der Waals surface area contributed by atoms with Crippen molar-refractivity contribution in [2.75, 3.05) is 0 Å². The maximum atomic E-state index is 2.32. The molecule has 1 unspecified atom stereocenters. The van der Waals surface area contributed by atoms with Gasteiger partial charge in [0.25, 0.3) is 0 Å².